The van der Waals surface area contributed by atoms with Gasteiger partial charge in [-0.25, -0.2) is 15.0 Å². The molecule has 0 aliphatic carbocycles. The van der Waals surface area contributed by atoms with Crippen LogP contribution in [-0.2, 0) is 15.5 Å². The van der Waals surface area contributed by atoms with Crippen molar-refractivity contribution in [3.05, 3.63) is 29.8 Å². The van der Waals surface area contributed by atoms with Crippen LogP contribution in [0.2, 0.25) is 0 Å². The van der Waals surface area contributed by atoms with Crippen molar-refractivity contribution in [1.82, 2.24) is 15.0 Å². The molecule has 0 spiro atoms. The number of aromatic nitrogens is 3. The summed E-state index contributed by atoms with van der Waals surface area (Å²) in [5, 5.41) is 5.59. The van der Waals surface area contributed by atoms with Crippen LogP contribution in [0.1, 0.15) is 51.6 Å². The van der Waals surface area contributed by atoms with Gasteiger partial charge in [0.15, 0.2) is 5.75 Å². The number of carbonyl (C=O) groups excluding carboxylic acids is 1. The molecule has 31 heavy (non-hydrogen) atoms. The Bertz CT molecular complexity index is 943. The second-order valence-corrected chi connectivity index (χ2v) is 8.02. The first-order valence-electron chi connectivity index (χ1n) is 10.1. The maximum Gasteiger partial charge on any atom is 0.303 e. The molecule has 1 saturated heterocycles. The number of nitrogens with one attached hydrogen (secondary N) is 2. The van der Waals surface area contributed by atoms with Crippen molar-refractivity contribution in [2.75, 3.05) is 23.8 Å². The predicted octanol–water partition coefficient (Wildman–Crippen LogP) is 4.33. The van der Waals surface area contributed by atoms with Crippen LogP contribution in [0.5, 0.6) is 5.75 Å². The Morgan fingerprint density at radius 1 is 1.29 bits per heavy atom. The number of carbonyl (C=O) groups is 1. The highest BCUT2D eigenvalue weighted by Crippen LogP contribution is 2.33. The summed E-state index contributed by atoms with van der Waals surface area (Å²) < 4.78 is 39.4. The molecule has 0 unspecified atom stereocenters. The third-order valence-electron chi connectivity index (χ3n) is 4.76. The Hall–Kier alpha value is -2.88. The zero-order valence-electron chi connectivity index (χ0n) is 18.1. The minimum Gasteiger partial charge on any atom is -0.487 e. The Morgan fingerprint density at radius 3 is 2.71 bits per heavy atom. The van der Waals surface area contributed by atoms with E-state index in [1.165, 1.54) is 13.1 Å². The van der Waals surface area contributed by atoms with Gasteiger partial charge in [-0.2, -0.15) is 8.78 Å². The fourth-order valence-corrected chi connectivity index (χ4v) is 3.21. The zero-order chi connectivity index (χ0) is 22.6. The van der Waals surface area contributed by atoms with Crippen molar-refractivity contribution in [2.45, 2.75) is 58.5 Å². The zero-order valence-corrected chi connectivity index (χ0v) is 18.1. The lowest BCUT2D eigenvalue weighted by molar-refractivity contribution is -0.114. The fourth-order valence-electron chi connectivity index (χ4n) is 3.21. The minimum atomic E-state index is -3.19. The van der Waals surface area contributed by atoms with E-state index in [0.717, 1.165) is 26.2 Å². The lowest BCUT2D eigenvalue weighted by Crippen LogP contribution is -2.39. The van der Waals surface area contributed by atoms with Crippen molar-refractivity contribution < 1.29 is 23.0 Å². The third-order valence-corrected chi connectivity index (χ3v) is 4.76. The van der Waals surface area contributed by atoms with Crippen molar-refractivity contribution in [1.29, 1.82) is 0 Å². The number of alkyl halides is 2. The monoisotopic (exact) mass is 435 g/mol. The first-order chi connectivity index (χ1) is 14.5. The molecule has 3 rings (SSSR count). The Balaban J connectivity index is 1.89. The van der Waals surface area contributed by atoms with E-state index in [9.17, 15) is 13.6 Å². The molecule has 1 atom stereocenters. The van der Waals surface area contributed by atoms with Crippen molar-refractivity contribution in [3.8, 4) is 5.75 Å². The highest BCUT2D eigenvalue weighted by atomic mass is 19.3. The number of hydrogen-bond donors (Lipinski definition) is 2. The van der Waals surface area contributed by atoms with E-state index in [4.69, 9.17) is 9.47 Å². The predicted molar refractivity (Wildman–Crippen MR) is 112 cm³/mol. The van der Waals surface area contributed by atoms with Crippen molar-refractivity contribution in [2.24, 2.45) is 0 Å². The molecule has 0 saturated carbocycles. The van der Waals surface area contributed by atoms with Gasteiger partial charge in [0.05, 0.1) is 17.5 Å². The summed E-state index contributed by atoms with van der Waals surface area (Å²) >= 11 is 0. The number of rotatable bonds is 7. The molecular weight excluding hydrogens is 408 g/mol. The van der Waals surface area contributed by atoms with Gasteiger partial charge in [0.1, 0.15) is 18.2 Å². The molecule has 1 aliphatic heterocycles. The normalized spacial score (nSPS) is 19.0. The number of ether oxygens (including phenoxy) is 2. The van der Waals surface area contributed by atoms with Gasteiger partial charge in [-0.15, -0.1) is 0 Å². The molecule has 10 heteroatoms. The molecule has 1 amide bonds. The van der Waals surface area contributed by atoms with E-state index in [1.54, 1.807) is 19.1 Å². The summed E-state index contributed by atoms with van der Waals surface area (Å²) in [5.74, 6) is -3.22. The smallest absolute Gasteiger partial charge is 0.303 e. The number of aryl methyl sites for hydroxylation is 1. The van der Waals surface area contributed by atoms with Gasteiger partial charge < -0.3 is 20.1 Å². The number of pyridine rings is 1. The van der Waals surface area contributed by atoms with Crippen LogP contribution in [0.3, 0.4) is 0 Å². The SMILES string of the molecule is CC(=O)Nc1cc(Nc2cc(C)nc(C(C)(F)F)n2)c(OC[C@@]2(C)CCCCO2)cn1. The number of hydrogen-bond acceptors (Lipinski definition) is 7. The van der Waals surface area contributed by atoms with E-state index < -0.39 is 17.3 Å². The van der Waals surface area contributed by atoms with Crippen LogP contribution in [-0.4, -0.2) is 39.7 Å². The Morgan fingerprint density at radius 2 is 2.06 bits per heavy atom. The molecule has 8 nitrogen and oxygen atoms in total. The molecule has 2 aromatic rings. The molecule has 1 fully saturated rings. The summed E-state index contributed by atoms with van der Waals surface area (Å²) in [4.78, 5) is 23.4. The molecule has 2 N–H and O–H groups in total. The molecule has 0 aromatic carbocycles. The van der Waals surface area contributed by atoms with Crippen LogP contribution < -0.4 is 15.4 Å². The molecule has 0 radical (unpaired) electrons. The quantitative estimate of drug-likeness (QED) is 0.668. The molecule has 3 heterocycles. The fraction of sp³-hybridized carbons (Fsp3) is 0.524. The average Bonchev–Trinajstić information content (AvgIpc) is 2.66. The molecule has 1 aliphatic rings. The highest BCUT2D eigenvalue weighted by molar-refractivity contribution is 5.88. The van der Waals surface area contributed by atoms with Crippen LogP contribution in [0.15, 0.2) is 18.3 Å². The minimum absolute atomic E-state index is 0.175. The first-order valence-corrected chi connectivity index (χ1v) is 10.1. The summed E-state index contributed by atoms with van der Waals surface area (Å²) in [6.07, 6.45) is 4.40. The van der Waals surface area contributed by atoms with Gasteiger partial charge >= 0.3 is 5.92 Å². The molecule has 0 bridgehead atoms. The van der Waals surface area contributed by atoms with E-state index in [-0.39, 0.29) is 17.5 Å². The van der Waals surface area contributed by atoms with E-state index in [2.05, 4.69) is 25.6 Å². The molecule has 168 valence electrons. The van der Waals surface area contributed by atoms with E-state index >= 15 is 0 Å². The van der Waals surface area contributed by atoms with Crippen molar-refractivity contribution in [3.63, 3.8) is 0 Å². The number of nitrogens with zero attached hydrogens (tertiary/aromatic N) is 3. The van der Waals surface area contributed by atoms with Gasteiger partial charge in [0.2, 0.25) is 11.7 Å². The largest absolute Gasteiger partial charge is 0.487 e. The first kappa shape index (κ1) is 22.8. The van der Waals surface area contributed by atoms with Crippen molar-refractivity contribution >= 4 is 23.2 Å². The number of halogens is 2. The maximum absolute atomic E-state index is 13.8. The van der Waals surface area contributed by atoms with Gasteiger partial charge in [-0.3, -0.25) is 4.79 Å². The Kier molecular flexibility index (Phi) is 6.68. The van der Waals surface area contributed by atoms with Gasteiger partial charge in [0, 0.05) is 38.3 Å². The van der Waals surface area contributed by atoms with Crippen LogP contribution in [0, 0.1) is 6.92 Å². The molecule has 2 aromatic heterocycles. The standard InChI is InChI=1S/C21H27F2N5O3/c1-13-9-18(28-19(25-13)21(4,22)23)27-15-10-17(26-14(2)29)24-11-16(15)30-12-20(3)7-5-6-8-31-20/h9-11H,5-8,12H2,1-4H3,(H2,24,25,26,27,28,29)/t20-/m1/s1. The third kappa shape index (κ3) is 6.30. The number of amides is 1. The van der Waals surface area contributed by atoms with Crippen LogP contribution >= 0.6 is 0 Å². The summed E-state index contributed by atoms with van der Waals surface area (Å²) in [6.45, 7) is 6.68. The summed E-state index contributed by atoms with van der Waals surface area (Å²) in [7, 11) is 0. The van der Waals surface area contributed by atoms with Gasteiger partial charge in [-0.1, -0.05) is 0 Å². The molecular formula is C21H27F2N5O3. The van der Waals surface area contributed by atoms with E-state index in [1.807, 2.05) is 6.92 Å². The highest BCUT2D eigenvalue weighted by Gasteiger charge is 2.30. The Labute approximate surface area is 179 Å². The topological polar surface area (TPSA) is 98.3 Å². The average molecular weight is 435 g/mol. The number of anilines is 3. The maximum atomic E-state index is 13.8. The van der Waals surface area contributed by atoms with Crippen LogP contribution in [0.25, 0.3) is 0 Å². The van der Waals surface area contributed by atoms with Gasteiger partial charge in [-0.05, 0) is 33.1 Å². The second-order valence-electron chi connectivity index (χ2n) is 8.02. The van der Waals surface area contributed by atoms with Gasteiger partial charge in [0.25, 0.3) is 0 Å². The lowest BCUT2D eigenvalue weighted by atomic mass is 9.97. The summed E-state index contributed by atoms with van der Waals surface area (Å²) in [6, 6.07) is 3.10. The van der Waals surface area contributed by atoms with E-state index in [0.29, 0.717) is 30.3 Å². The second kappa shape index (κ2) is 9.09. The van der Waals surface area contributed by atoms with Crippen LogP contribution in [0.4, 0.5) is 26.1 Å². The summed E-state index contributed by atoms with van der Waals surface area (Å²) in [5.41, 5.74) is 0.381. The lowest BCUT2D eigenvalue weighted by Gasteiger charge is -2.33.